The lowest BCUT2D eigenvalue weighted by Gasteiger charge is -2.18. The predicted octanol–water partition coefficient (Wildman–Crippen LogP) is 3.29. The van der Waals surface area contributed by atoms with Crippen molar-refractivity contribution in [3.63, 3.8) is 0 Å². The second-order valence-corrected chi connectivity index (χ2v) is 6.18. The highest BCUT2D eigenvalue weighted by molar-refractivity contribution is 9.10. The van der Waals surface area contributed by atoms with Crippen molar-refractivity contribution in [1.29, 1.82) is 0 Å². The summed E-state index contributed by atoms with van der Waals surface area (Å²) >= 11 is 9.70. The topological polar surface area (TPSA) is 44.0 Å². The number of nitrogens with one attached hydrogen (secondary N) is 2. The molecule has 1 aliphatic heterocycles. The fraction of sp³-hybridized carbons (Fsp3) is 0.357. The van der Waals surface area contributed by atoms with Gasteiger partial charge in [-0.3, -0.25) is 5.10 Å². The highest BCUT2D eigenvalue weighted by atomic mass is 79.9. The van der Waals surface area contributed by atoms with Crippen LogP contribution in [0.25, 0.3) is 11.3 Å². The van der Waals surface area contributed by atoms with Crippen molar-refractivity contribution in [2.45, 2.75) is 6.42 Å². The molecule has 1 saturated heterocycles. The SMILES string of the molecule is Clc1cc(Br)ccc1-c1cc(N2CCCNCC2)n[nH]1. The van der Waals surface area contributed by atoms with Crippen LogP contribution in [0.3, 0.4) is 0 Å². The zero-order valence-corrected chi connectivity index (χ0v) is 13.3. The summed E-state index contributed by atoms with van der Waals surface area (Å²) < 4.78 is 0.976. The number of nitrogens with zero attached hydrogens (tertiary/aromatic N) is 2. The number of aromatic amines is 1. The lowest BCUT2D eigenvalue weighted by atomic mass is 10.1. The average Bonchev–Trinajstić information content (AvgIpc) is 2.74. The zero-order valence-electron chi connectivity index (χ0n) is 11.0. The molecule has 0 amide bonds. The zero-order chi connectivity index (χ0) is 13.9. The van der Waals surface area contributed by atoms with E-state index in [0.29, 0.717) is 5.02 Å². The normalized spacial score (nSPS) is 16.2. The molecule has 0 radical (unpaired) electrons. The lowest BCUT2D eigenvalue weighted by Crippen LogP contribution is -2.28. The Morgan fingerprint density at radius 3 is 2.95 bits per heavy atom. The molecule has 0 bridgehead atoms. The molecule has 3 rings (SSSR count). The van der Waals surface area contributed by atoms with Crippen molar-refractivity contribution in [3.05, 3.63) is 33.8 Å². The number of H-pyrrole nitrogens is 1. The maximum absolute atomic E-state index is 6.28. The van der Waals surface area contributed by atoms with Crippen LogP contribution in [0.4, 0.5) is 5.82 Å². The molecule has 20 heavy (non-hydrogen) atoms. The van der Waals surface area contributed by atoms with Crippen LogP contribution in [-0.2, 0) is 0 Å². The Morgan fingerprint density at radius 2 is 2.10 bits per heavy atom. The fourth-order valence-electron chi connectivity index (χ4n) is 2.39. The summed E-state index contributed by atoms with van der Waals surface area (Å²) in [7, 11) is 0. The number of hydrogen-bond donors (Lipinski definition) is 2. The average molecular weight is 356 g/mol. The predicted molar refractivity (Wildman–Crippen MR) is 86.4 cm³/mol. The second-order valence-electron chi connectivity index (χ2n) is 4.85. The number of anilines is 1. The van der Waals surface area contributed by atoms with E-state index in [0.717, 1.165) is 54.1 Å². The monoisotopic (exact) mass is 354 g/mol. The molecule has 0 aliphatic carbocycles. The molecule has 1 aliphatic rings. The third-order valence-corrected chi connectivity index (χ3v) is 4.26. The molecule has 2 heterocycles. The van der Waals surface area contributed by atoms with Gasteiger partial charge in [-0.05, 0) is 25.1 Å². The van der Waals surface area contributed by atoms with E-state index < -0.39 is 0 Å². The standard InChI is InChI=1S/C14H16BrClN4/c15-10-2-3-11(12(16)8-10)13-9-14(19-18-13)20-6-1-4-17-5-7-20/h2-3,8-9,17H,1,4-7H2,(H,18,19). The first-order valence-electron chi connectivity index (χ1n) is 6.70. The molecular weight excluding hydrogens is 340 g/mol. The first kappa shape index (κ1) is 13.9. The van der Waals surface area contributed by atoms with E-state index in [1.54, 1.807) is 0 Å². The molecule has 2 N–H and O–H groups in total. The number of hydrogen-bond acceptors (Lipinski definition) is 3. The van der Waals surface area contributed by atoms with Crippen LogP contribution < -0.4 is 10.2 Å². The summed E-state index contributed by atoms with van der Waals surface area (Å²) in [5, 5.41) is 11.6. The second kappa shape index (κ2) is 6.16. The Hall–Kier alpha value is -1.04. The quantitative estimate of drug-likeness (QED) is 0.869. The van der Waals surface area contributed by atoms with Gasteiger partial charge >= 0.3 is 0 Å². The van der Waals surface area contributed by atoms with E-state index >= 15 is 0 Å². The van der Waals surface area contributed by atoms with Gasteiger partial charge in [-0.1, -0.05) is 33.6 Å². The van der Waals surface area contributed by atoms with Crippen LogP contribution in [0.2, 0.25) is 5.02 Å². The summed E-state index contributed by atoms with van der Waals surface area (Å²) in [6.45, 7) is 4.09. The van der Waals surface area contributed by atoms with E-state index in [9.17, 15) is 0 Å². The van der Waals surface area contributed by atoms with Gasteiger partial charge in [0.2, 0.25) is 0 Å². The molecule has 0 unspecified atom stereocenters. The summed E-state index contributed by atoms with van der Waals surface area (Å²) in [6.07, 6.45) is 1.14. The van der Waals surface area contributed by atoms with E-state index in [1.165, 1.54) is 0 Å². The maximum Gasteiger partial charge on any atom is 0.151 e. The highest BCUT2D eigenvalue weighted by Crippen LogP contribution is 2.30. The van der Waals surface area contributed by atoms with Crippen molar-refractivity contribution in [3.8, 4) is 11.3 Å². The minimum atomic E-state index is 0.715. The molecule has 1 fully saturated rings. The molecule has 1 aromatic heterocycles. The summed E-state index contributed by atoms with van der Waals surface area (Å²) in [5.41, 5.74) is 1.93. The Bertz CT molecular complexity index is 591. The smallest absolute Gasteiger partial charge is 0.151 e. The van der Waals surface area contributed by atoms with Gasteiger partial charge in [-0.2, -0.15) is 5.10 Å². The fourth-order valence-corrected chi connectivity index (χ4v) is 3.17. The minimum absolute atomic E-state index is 0.715. The molecule has 0 saturated carbocycles. The van der Waals surface area contributed by atoms with Crippen molar-refractivity contribution in [2.24, 2.45) is 0 Å². The van der Waals surface area contributed by atoms with E-state index in [4.69, 9.17) is 11.6 Å². The van der Waals surface area contributed by atoms with Crippen LogP contribution in [0.15, 0.2) is 28.7 Å². The number of rotatable bonds is 2. The number of aromatic nitrogens is 2. The first-order valence-corrected chi connectivity index (χ1v) is 7.87. The summed E-state index contributed by atoms with van der Waals surface area (Å²) in [6, 6.07) is 7.94. The largest absolute Gasteiger partial charge is 0.354 e. The van der Waals surface area contributed by atoms with Gasteiger partial charge in [0.05, 0.1) is 10.7 Å². The Kier molecular flexibility index (Phi) is 4.29. The third-order valence-electron chi connectivity index (χ3n) is 3.45. The Balaban J connectivity index is 1.85. The number of halogens is 2. The Labute approximate surface area is 131 Å². The Morgan fingerprint density at radius 1 is 1.20 bits per heavy atom. The van der Waals surface area contributed by atoms with Crippen LogP contribution >= 0.6 is 27.5 Å². The van der Waals surface area contributed by atoms with Crippen LogP contribution in [0.1, 0.15) is 6.42 Å². The van der Waals surface area contributed by atoms with Gasteiger partial charge in [0.1, 0.15) is 0 Å². The van der Waals surface area contributed by atoms with Crippen LogP contribution in [0.5, 0.6) is 0 Å². The van der Waals surface area contributed by atoms with Gasteiger partial charge in [0.15, 0.2) is 5.82 Å². The van der Waals surface area contributed by atoms with Gasteiger partial charge in [0, 0.05) is 35.7 Å². The maximum atomic E-state index is 6.28. The highest BCUT2D eigenvalue weighted by Gasteiger charge is 2.14. The molecule has 0 spiro atoms. The van der Waals surface area contributed by atoms with Gasteiger partial charge in [0.25, 0.3) is 0 Å². The third kappa shape index (κ3) is 3.00. The minimum Gasteiger partial charge on any atom is -0.354 e. The van der Waals surface area contributed by atoms with E-state index in [1.807, 2.05) is 18.2 Å². The van der Waals surface area contributed by atoms with Crippen molar-refractivity contribution < 1.29 is 0 Å². The van der Waals surface area contributed by atoms with E-state index in [-0.39, 0.29) is 0 Å². The van der Waals surface area contributed by atoms with Crippen LogP contribution in [-0.4, -0.2) is 36.4 Å². The lowest BCUT2D eigenvalue weighted by molar-refractivity contribution is 0.724. The summed E-state index contributed by atoms with van der Waals surface area (Å²) in [4.78, 5) is 2.30. The molecule has 106 valence electrons. The first-order chi connectivity index (χ1) is 9.74. The summed E-state index contributed by atoms with van der Waals surface area (Å²) in [5.74, 6) is 0.989. The molecule has 2 aromatic rings. The van der Waals surface area contributed by atoms with Gasteiger partial charge < -0.3 is 10.2 Å². The number of benzene rings is 1. The van der Waals surface area contributed by atoms with Gasteiger partial charge in [-0.15, -0.1) is 0 Å². The molecule has 4 nitrogen and oxygen atoms in total. The van der Waals surface area contributed by atoms with E-state index in [2.05, 4.69) is 42.4 Å². The molecule has 0 atom stereocenters. The molecule has 6 heteroatoms. The van der Waals surface area contributed by atoms with Crippen molar-refractivity contribution in [2.75, 3.05) is 31.1 Å². The van der Waals surface area contributed by atoms with Crippen LogP contribution in [0, 0.1) is 0 Å². The van der Waals surface area contributed by atoms with Gasteiger partial charge in [-0.25, -0.2) is 0 Å². The molecule has 1 aromatic carbocycles. The molecular formula is C14H16BrClN4. The van der Waals surface area contributed by atoms with Crippen molar-refractivity contribution in [1.82, 2.24) is 15.5 Å². The van der Waals surface area contributed by atoms with Crippen molar-refractivity contribution >= 4 is 33.3 Å².